The summed E-state index contributed by atoms with van der Waals surface area (Å²) in [5, 5.41) is 9.12. The molecule has 0 aliphatic carbocycles. The Labute approximate surface area is 98.8 Å². The molecule has 17 heavy (non-hydrogen) atoms. The molecule has 0 saturated heterocycles. The van der Waals surface area contributed by atoms with Crippen molar-refractivity contribution in [3.63, 3.8) is 0 Å². The summed E-state index contributed by atoms with van der Waals surface area (Å²) in [6.45, 7) is 0. The van der Waals surface area contributed by atoms with E-state index in [0.717, 1.165) is 18.7 Å². The molecule has 0 fully saturated rings. The number of ketones is 1. The van der Waals surface area contributed by atoms with E-state index in [1.54, 1.807) is 6.08 Å². The lowest BCUT2D eigenvalue weighted by Crippen LogP contribution is -2.05. The van der Waals surface area contributed by atoms with Gasteiger partial charge < -0.3 is 9.84 Å². The zero-order valence-electron chi connectivity index (χ0n) is 9.29. The first kappa shape index (κ1) is 12.7. The number of aliphatic hydroxyl groups excluding tert-OH is 1. The Hall–Kier alpha value is -2.36. The van der Waals surface area contributed by atoms with Gasteiger partial charge in [-0.15, -0.1) is 0 Å². The molecule has 0 saturated carbocycles. The van der Waals surface area contributed by atoms with Crippen LogP contribution >= 0.6 is 0 Å². The van der Waals surface area contributed by atoms with Gasteiger partial charge in [0.2, 0.25) is 5.76 Å². The van der Waals surface area contributed by atoms with Gasteiger partial charge in [0.1, 0.15) is 0 Å². The zero-order valence-corrected chi connectivity index (χ0v) is 9.29. The molecule has 1 aromatic carbocycles. The number of aliphatic hydroxyl groups is 1. The van der Waals surface area contributed by atoms with E-state index in [4.69, 9.17) is 5.11 Å². The number of rotatable bonds is 4. The van der Waals surface area contributed by atoms with Gasteiger partial charge >= 0.3 is 5.97 Å². The van der Waals surface area contributed by atoms with E-state index >= 15 is 0 Å². The average Bonchev–Trinajstić information content (AvgIpc) is 2.36. The third-order valence-corrected chi connectivity index (χ3v) is 1.91. The Balaban J connectivity index is 2.68. The quantitative estimate of drug-likeness (QED) is 0.489. The number of esters is 1. The number of hydrogen-bond acceptors (Lipinski definition) is 4. The molecule has 1 rings (SSSR count). The van der Waals surface area contributed by atoms with Gasteiger partial charge in [-0.1, -0.05) is 36.4 Å². The van der Waals surface area contributed by atoms with E-state index in [9.17, 15) is 9.59 Å². The Morgan fingerprint density at radius 1 is 1.24 bits per heavy atom. The minimum Gasteiger partial charge on any atom is -0.502 e. The summed E-state index contributed by atoms with van der Waals surface area (Å²) in [6, 6.07) is 9.20. The number of benzene rings is 1. The Morgan fingerprint density at radius 3 is 2.47 bits per heavy atom. The van der Waals surface area contributed by atoms with Gasteiger partial charge in [-0.3, -0.25) is 4.79 Å². The molecule has 0 spiro atoms. The molecule has 0 radical (unpaired) electrons. The number of allylic oxidation sites excluding steroid dienone is 2. The monoisotopic (exact) mass is 232 g/mol. The van der Waals surface area contributed by atoms with Crippen LogP contribution in [0, 0.1) is 0 Å². The number of ether oxygens (including phenoxy) is 1. The number of carbonyl (C=O) groups excluding carboxylic acids is 2. The summed E-state index contributed by atoms with van der Waals surface area (Å²) in [6.07, 6.45) is 3.66. The first-order valence-electron chi connectivity index (χ1n) is 4.89. The number of carbonyl (C=O) groups is 2. The van der Waals surface area contributed by atoms with Gasteiger partial charge in [-0.05, 0) is 11.6 Å². The maximum Gasteiger partial charge on any atom is 0.373 e. The summed E-state index contributed by atoms with van der Waals surface area (Å²) in [5.74, 6) is -2.14. The summed E-state index contributed by atoms with van der Waals surface area (Å²) >= 11 is 0. The van der Waals surface area contributed by atoms with Crippen molar-refractivity contribution >= 4 is 17.8 Å². The maximum absolute atomic E-state index is 11.3. The number of hydrogen-bond donors (Lipinski definition) is 1. The highest BCUT2D eigenvalue weighted by Crippen LogP contribution is 2.01. The molecule has 0 aromatic heterocycles. The molecule has 0 aliphatic heterocycles. The molecule has 1 aromatic rings. The van der Waals surface area contributed by atoms with Crippen molar-refractivity contribution < 1.29 is 19.4 Å². The minimum absolute atomic E-state index is 0.489. The van der Waals surface area contributed by atoms with Crippen molar-refractivity contribution in [3.05, 3.63) is 53.8 Å². The summed E-state index contributed by atoms with van der Waals surface area (Å²) in [5.41, 5.74) is 0.854. The van der Waals surface area contributed by atoms with Gasteiger partial charge in [0, 0.05) is 6.08 Å². The lowest BCUT2D eigenvalue weighted by Gasteiger charge is -1.95. The Morgan fingerprint density at radius 2 is 1.88 bits per heavy atom. The van der Waals surface area contributed by atoms with E-state index in [1.807, 2.05) is 30.3 Å². The summed E-state index contributed by atoms with van der Waals surface area (Å²) in [4.78, 5) is 22.1. The highest BCUT2D eigenvalue weighted by molar-refractivity contribution is 6.05. The third-order valence-electron chi connectivity index (χ3n) is 1.91. The molecule has 0 aliphatic rings. The van der Waals surface area contributed by atoms with E-state index in [-0.39, 0.29) is 0 Å². The molecule has 0 bridgehead atoms. The molecule has 4 heteroatoms. The first-order valence-corrected chi connectivity index (χ1v) is 4.89. The van der Waals surface area contributed by atoms with E-state index in [0.29, 0.717) is 0 Å². The number of methoxy groups -OCH3 is 1. The van der Waals surface area contributed by atoms with Crippen LogP contribution in [-0.2, 0) is 14.3 Å². The van der Waals surface area contributed by atoms with Crippen LogP contribution in [0.5, 0.6) is 0 Å². The van der Waals surface area contributed by atoms with Crippen molar-refractivity contribution in [2.75, 3.05) is 7.11 Å². The maximum atomic E-state index is 11.3. The predicted octanol–water partition coefficient (Wildman–Crippen LogP) is 1.88. The van der Waals surface area contributed by atoms with Crippen LogP contribution in [0.15, 0.2) is 48.2 Å². The second kappa shape index (κ2) is 6.27. The standard InChI is InChI=1S/C13H12O4/c1-17-13(16)12(15)9-11(14)8-7-10-5-3-2-4-6-10/h2-9,15H,1H3. The second-order valence-corrected chi connectivity index (χ2v) is 3.17. The highest BCUT2D eigenvalue weighted by atomic mass is 16.5. The van der Waals surface area contributed by atoms with Crippen LogP contribution in [-0.4, -0.2) is 24.0 Å². The van der Waals surface area contributed by atoms with E-state index < -0.39 is 17.5 Å². The second-order valence-electron chi connectivity index (χ2n) is 3.17. The molecule has 4 nitrogen and oxygen atoms in total. The van der Waals surface area contributed by atoms with Crippen LogP contribution < -0.4 is 0 Å². The van der Waals surface area contributed by atoms with Crippen LogP contribution in [0.2, 0.25) is 0 Å². The van der Waals surface area contributed by atoms with Crippen molar-refractivity contribution in [1.82, 2.24) is 0 Å². The van der Waals surface area contributed by atoms with Gasteiger partial charge in [0.25, 0.3) is 0 Å². The van der Waals surface area contributed by atoms with Gasteiger partial charge in [-0.25, -0.2) is 4.79 Å². The van der Waals surface area contributed by atoms with Crippen molar-refractivity contribution in [2.45, 2.75) is 0 Å². The first-order chi connectivity index (χ1) is 8.13. The topological polar surface area (TPSA) is 63.6 Å². The van der Waals surface area contributed by atoms with Gasteiger partial charge in [0.15, 0.2) is 5.78 Å². The van der Waals surface area contributed by atoms with E-state index in [1.165, 1.54) is 6.08 Å². The molecule has 0 amide bonds. The third kappa shape index (κ3) is 4.34. The van der Waals surface area contributed by atoms with Crippen LogP contribution in [0.3, 0.4) is 0 Å². The Kier molecular flexibility index (Phi) is 4.69. The highest BCUT2D eigenvalue weighted by Gasteiger charge is 2.07. The van der Waals surface area contributed by atoms with E-state index in [2.05, 4.69) is 4.74 Å². The van der Waals surface area contributed by atoms with Crippen LogP contribution in [0.4, 0.5) is 0 Å². The SMILES string of the molecule is COC(=O)C(O)=CC(=O)C=Cc1ccccc1. The molecule has 0 heterocycles. The summed E-state index contributed by atoms with van der Waals surface area (Å²) < 4.78 is 4.24. The minimum atomic E-state index is -0.938. The smallest absolute Gasteiger partial charge is 0.373 e. The van der Waals surface area contributed by atoms with Crippen LogP contribution in [0.25, 0.3) is 6.08 Å². The molecular weight excluding hydrogens is 220 g/mol. The van der Waals surface area contributed by atoms with Gasteiger partial charge in [0.05, 0.1) is 7.11 Å². The molecule has 1 N–H and O–H groups in total. The fraction of sp³-hybridized carbons (Fsp3) is 0.0769. The fourth-order valence-corrected chi connectivity index (χ4v) is 1.09. The lowest BCUT2D eigenvalue weighted by molar-refractivity contribution is -0.139. The largest absolute Gasteiger partial charge is 0.502 e. The van der Waals surface area contributed by atoms with Crippen LogP contribution in [0.1, 0.15) is 5.56 Å². The van der Waals surface area contributed by atoms with Gasteiger partial charge in [-0.2, -0.15) is 0 Å². The molecule has 88 valence electrons. The Bertz CT molecular complexity index is 458. The predicted molar refractivity (Wildman–Crippen MR) is 63.2 cm³/mol. The molecular formula is C13H12O4. The zero-order chi connectivity index (χ0) is 12.7. The average molecular weight is 232 g/mol. The fourth-order valence-electron chi connectivity index (χ4n) is 1.09. The van der Waals surface area contributed by atoms with Crippen molar-refractivity contribution in [2.24, 2.45) is 0 Å². The summed E-state index contributed by atoms with van der Waals surface area (Å²) in [7, 11) is 1.12. The van der Waals surface area contributed by atoms with Crippen molar-refractivity contribution in [3.8, 4) is 0 Å². The lowest BCUT2D eigenvalue weighted by atomic mass is 10.2. The normalized spacial score (nSPS) is 11.5. The molecule has 0 atom stereocenters. The molecule has 0 unspecified atom stereocenters. The van der Waals surface area contributed by atoms with Crippen molar-refractivity contribution in [1.29, 1.82) is 0 Å².